The van der Waals surface area contributed by atoms with Crippen molar-refractivity contribution >= 4 is 23.6 Å². The van der Waals surface area contributed by atoms with E-state index in [-0.39, 0.29) is 24.7 Å². The van der Waals surface area contributed by atoms with Crippen molar-refractivity contribution in [3.8, 4) is 5.75 Å². The van der Waals surface area contributed by atoms with Gasteiger partial charge in [-0.2, -0.15) is 0 Å². The highest BCUT2D eigenvalue weighted by Crippen LogP contribution is 2.41. The van der Waals surface area contributed by atoms with Crippen LogP contribution in [0.3, 0.4) is 0 Å². The van der Waals surface area contributed by atoms with Gasteiger partial charge in [-0.1, -0.05) is 6.92 Å². The highest BCUT2D eigenvalue weighted by atomic mass is 32.2. The smallest absolute Gasteiger partial charge is 0.303 e. The fourth-order valence-electron chi connectivity index (χ4n) is 3.75. The van der Waals surface area contributed by atoms with E-state index in [0.717, 1.165) is 16.9 Å². The quantitative estimate of drug-likeness (QED) is 0.772. The minimum absolute atomic E-state index is 0.00982. The minimum Gasteiger partial charge on any atom is -0.481 e. The first-order valence-corrected chi connectivity index (χ1v) is 10.5. The Hall–Kier alpha value is -1.73. The van der Waals surface area contributed by atoms with Gasteiger partial charge < -0.3 is 19.5 Å². The number of aryl methyl sites for hydroxylation is 1. The van der Waals surface area contributed by atoms with Crippen molar-refractivity contribution in [1.29, 1.82) is 0 Å². The number of piperidine rings is 1. The third kappa shape index (κ3) is 4.58. The molecule has 2 heterocycles. The lowest BCUT2D eigenvalue weighted by molar-refractivity contribution is -0.228. The average Bonchev–Trinajstić information content (AvgIpc) is 2.62. The van der Waals surface area contributed by atoms with Crippen LogP contribution in [-0.2, 0) is 20.9 Å². The van der Waals surface area contributed by atoms with Crippen LogP contribution in [0.2, 0.25) is 0 Å². The molecule has 27 heavy (non-hydrogen) atoms. The van der Waals surface area contributed by atoms with Crippen molar-refractivity contribution in [2.45, 2.75) is 56.8 Å². The molecule has 1 aromatic rings. The summed E-state index contributed by atoms with van der Waals surface area (Å²) in [4.78, 5) is 26.2. The van der Waals surface area contributed by atoms with Gasteiger partial charge in [0.1, 0.15) is 5.75 Å². The molecular weight excluding hydrogens is 366 g/mol. The summed E-state index contributed by atoms with van der Waals surface area (Å²) >= 11 is 1.70. The van der Waals surface area contributed by atoms with E-state index in [2.05, 4.69) is 25.3 Å². The summed E-state index contributed by atoms with van der Waals surface area (Å²) in [5.41, 5.74) is 2.19. The van der Waals surface area contributed by atoms with Crippen LogP contribution in [0.5, 0.6) is 5.75 Å². The molecule has 3 rings (SSSR count). The maximum Gasteiger partial charge on any atom is 0.303 e. The lowest BCUT2D eigenvalue weighted by Gasteiger charge is -2.44. The van der Waals surface area contributed by atoms with Gasteiger partial charge in [-0.05, 0) is 36.8 Å². The van der Waals surface area contributed by atoms with Crippen molar-refractivity contribution in [2.75, 3.05) is 19.3 Å². The summed E-state index contributed by atoms with van der Waals surface area (Å²) in [6, 6.07) is 4.24. The molecular formula is C20H27NO5S. The summed E-state index contributed by atoms with van der Waals surface area (Å²) in [6.45, 7) is 5.51. The van der Waals surface area contributed by atoms with Crippen molar-refractivity contribution < 1.29 is 24.2 Å². The average molecular weight is 394 g/mol. The second-order valence-electron chi connectivity index (χ2n) is 7.52. The molecule has 0 radical (unpaired) electrons. The number of ether oxygens (including phenoxy) is 2. The van der Waals surface area contributed by atoms with Gasteiger partial charge in [-0.15, -0.1) is 11.8 Å². The monoisotopic (exact) mass is 393 g/mol. The Morgan fingerprint density at radius 3 is 2.63 bits per heavy atom. The number of likely N-dealkylation sites (tertiary alicyclic amines) is 1. The third-order valence-electron chi connectivity index (χ3n) is 5.26. The first kappa shape index (κ1) is 20.0. The molecule has 0 saturated carbocycles. The highest BCUT2D eigenvalue weighted by Gasteiger charge is 2.42. The van der Waals surface area contributed by atoms with Gasteiger partial charge in [0, 0.05) is 49.2 Å². The Bertz CT molecular complexity index is 727. The number of carbonyl (C=O) groups is 2. The zero-order valence-corrected chi connectivity index (χ0v) is 16.9. The van der Waals surface area contributed by atoms with Gasteiger partial charge in [0.2, 0.25) is 11.7 Å². The van der Waals surface area contributed by atoms with Crippen LogP contribution in [0.4, 0.5) is 0 Å². The van der Waals surface area contributed by atoms with E-state index >= 15 is 0 Å². The molecule has 7 heteroatoms. The molecule has 1 atom stereocenters. The Labute approximate surface area is 164 Å². The van der Waals surface area contributed by atoms with Crippen LogP contribution >= 0.6 is 11.8 Å². The molecule has 1 fully saturated rings. The Morgan fingerprint density at radius 2 is 2.00 bits per heavy atom. The number of hydrogen-bond donors (Lipinski definition) is 1. The zero-order chi connectivity index (χ0) is 19.6. The zero-order valence-electron chi connectivity index (χ0n) is 16.1. The number of benzene rings is 1. The van der Waals surface area contributed by atoms with E-state index in [0.29, 0.717) is 32.5 Å². The van der Waals surface area contributed by atoms with E-state index < -0.39 is 11.8 Å². The molecule has 0 bridgehead atoms. The van der Waals surface area contributed by atoms with Crippen molar-refractivity contribution in [2.24, 2.45) is 5.92 Å². The largest absolute Gasteiger partial charge is 0.481 e. The van der Waals surface area contributed by atoms with E-state index in [1.54, 1.807) is 23.6 Å². The van der Waals surface area contributed by atoms with Gasteiger partial charge in [0.15, 0.2) is 0 Å². The van der Waals surface area contributed by atoms with Crippen LogP contribution in [0.25, 0.3) is 0 Å². The number of nitrogens with zero attached hydrogens (tertiary/aromatic N) is 1. The fourth-order valence-corrected chi connectivity index (χ4v) is 4.30. The van der Waals surface area contributed by atoms with Crippen LogP contribution in [0.15, 0.2) is 17.0 Å². The van der Waals surface area contributed by atoms with Crippen LogP contribution in [-0.4, -0.2) is 47.0 Å². The second kappa shape index (κ2) is 8.10. The number of carboxylic acid groups (broad SMARTS) is 1. The summed E-state index contributed by atoms with van der Waals surface area (Å²) < 4.78 is 12.4. The Balaban J connectivity index is 1.60. The number of aliphatic carboxylic acids is 1. The number of fused-ring (bicyclic) bond motifs is 1. The first-order chi connectivity index (χ1) is 12.8. The van der Waals surface area contributed by atoms with Gasteiger partial charge in [-0.3, -0.25) is 9.59 Å². The Morgan fingerprint density at radius 1 is 1.30 bits per heavy atom. The molecule has 148 valence electrons. The fraction of sp³-hybridized carbons (Fsp3) is 0.600. The SMILES string of the molecule is CSc1cc(C)c2c(c1)COC1(CCN(C(=O)CC(C)CC(=O)O)CC1)O2. The van der Waals surface area contributed by atoms with Crippen molar-refractivity contribution in [3.63, 3.8) is 0 Å². The number of carbonyl (C=O) groups excluding carboxylic acids is 1. The summed E-state index contributed by atoms with van der Waals surface area (Å²) in [7, 11) is 0. The maximum absolute atomic E-state index is 12.4. The predicted octanol–water partition coefficient (Wildman–Crippen LogP) is 3.45. The Kier molecular flexibility index (Phi) is 6.01. The number of rotatable bonds is 5. The summed E-state index contributed by atoms with van der Waals surface area (Å²) in [5, 5.41) is 8.85. The van der Waals surface area contributed by atoms with E-state index in [4.69, 9.17) is 14.6 Å². The molecule has 0 aromatic heterocycles. The van der Waals surface area contributed by atoms with Gasteiger partial charge in [-0.25, -0.2) is 0 Å². The van der Waals surface area contributed by atoms with E-state index in [1.165, 1.54) is 4.90 Å². The third-order valence-corrected chi connectivity index (χ3v) is 5.97. The van der Waals surface area contributed by atoms with Crippen molar-refractivity contribution in [1.82, 2.24) is 4.90 Å². The molecule has 1 aromatic carbocycles. The molecule has 6 nitrogen and oxygen atoms in total. The topological polar surface area (TPSA) is 76.1 Å². The second-order valence-corrected chi connectivity index (χ2v) is 8.40. The number of thioether (sulfide) groups is 1. The van der Waals surface area contributed by atoms with Crippen LogP contribution in [0, 0.1) is 12.8 Å². The molecule has 2 aliphatic heterocycles. The minimum atomic E-state index is -0.865. The van der Waals surface area contributed by atoms with Gasteiger partial charge in [0.25, 0.3) is 0 Å². The highest BCUT2D eigenvalue weighted by molar-refractivity contribution is 7.98. The number of amides is 1. The lowest BCUT2D eigenvalue weighted by Crippen LogP contribution is -2.52. The molecule has 2 aliphatic rings. The maximum atomic E-state index is 12.4. The molecule has 1 unspecified atom stereocenters. The standard InChI is InChI=1S/C20H27NO5S/c1-13(9-18(23)24)8-17(22)21-6-4-20(5-7-21)25-12-15-11-16(27-3)10-14(2)19(15)26-20/h10-11,13H,4-9,12H2,1-3H3,(H,23,24). The molecule has 1 saturated heterocycles. The van der Waals surface area contributed by atoms with Crippen molar-refractivity contribution in [3.05, 3.63) is 23.3 Å². The van der Waals surface area contributed by atoms with E-state index in [9.17, 15) is 9.59 Å². The lowest BCUT2D eigenvalue weighted by atomic mass is 9.98. The molecule has 1 amide bonds. The normalized spacial score (nSPS) is 19.3. The van der Waals surface area contributed by atoms with Crippen LogP contribution in [0.1, 0.15) is 43.7 Å². The predicted molar refractivity (Wildman–Crippen MR) is 103 cm³/mol. The van der Waals surface area contributed by atoms with Crippen LogP contribution < -0.4 is 4.74 Å². The molecule has 1 N–H and O–H groups in total. The van der Waals surface area contributed by atoms with E-state index in [1.807, 2.05) is 0 Å². The number of carboxylic acids is 1. The van der Waals surface area contributed by atoms with Gasteiger partial charge >= 0.3 is 5.97 Å². The summed E-state index contributed by atoms with van der Waals surface area (Å²) in [5.74, 6) is -0.768. The first-order valence-electron chi connectivity index (χ1n) is 9.32. The number of hydrogen-bond acceptors (Lipinski definition) is 5. The summed E-state index contributed by atoms with van der Waals surface area (Å²) in [6.07, 6.45) is 3.58. The van der Waals surface area contributed by atoms with Gasteiger partial charge in [0.05, 0.1) is 6.61 Å². The molecule has 0 aliphatic carbocycles. The molecule has 1 spiro atoms.